The van der Waals surface area contributed by atoms with Crippen molar-refractivity contribution in [3.63, 3.8) is 0 Å². The second kappa shape index (κ2) is 5.10. The van der Waals surface area contributed by atoms with Crippen LogP contribution < -0.4 is 4.90 Å². The molecule has 1 saturated heterocycles. The van der Waals surface area contributed by atoms with Crippen LogP contribution in [0.5, 0.6) is 0 Å². The highest BCUT2D eigenvalue weighted by Gasteiger charge is 2.32. The van der Waals surface area contributed by atoms with Gasteiger partial charge in [-0.1, -0.05) is 23.2 Å². The van der Waals surface area contributed by atoms with Gasteiger partial charge < -0.3 is 9.64 Å². The Balaban J connectivity index is 2.26. The van der Waals surface area contributed by atoms with E-state index in [0.29, 0.717) is 10.8 Å². The van der Waals surface area contributed by atoms with E-state index in [0.717, 1.165) is 19.4 Å². The van der Waals surface area contributed by atoms with Gasteiger partial charge in [0, 0.05) is 6.54 Å². The van der Waals surface area contributed by atoms with Gasteiger partial charge in [0.2, 0.25) is 0 Å². The summed E-state index contributed by atoms with van der Waals surface area (Å²) in [5, 5.41) is 0.656. The van der Waals surface area contributed by atoms with Crippen molar-refractivity contribution in [2.45, 2.75) is 18.9 Å². The van der Waals surface area contributed by atoms with Gasteiger partial charge in [-0.05, 0) is 25.0 Å². The smallest absolute Gasteiger partial charge is 0.328 e. The Morgan fingerprint density at radius 3 is 2.94 bits per heavy atom. The number of halogens is 2. The molecule has 0 spiro atoms. The lowest BCUT2D eigenvalue weighted by Crippen LogP contribution is -2.37. The van der Waals surface area contributed by atoms with Gasteiger partial charge >= 0.3 is 5.97 Å². The second-order valence-corrected chi connectivity index (χ2v) is 4.58. The van der Waals surface area contributed by atoms with Crippen LogP contribution in [0.25, 0.3) is 0 Å². The molecule has 0 N–H and O–H groups in total. The predicted octanol–water partition coefficient (Wildman–Crippen LogP) is 2.53. The topological polar surface area (TPSA) is 42.4 Å². The number of esters is 1. The zero-order valence-electron chi connectivity index (χ0n) is 9.32. The molecule has 0 radical (unpaired) electrons. The van der Waals surface area contributed by atoms with Gasteiger partial charge in [-0.15, -0.1) is 0 Å². The Morgan fingerprint density at radius 1 is 1.53 bits per heavy atom. The number of carbonyl (C=O) groups is 1. The first-order valence-corrected chi connectivity index (χ1v) is 6.05. The van der Waals surface area contributed by atoms with E-state index in [1.807, 2.05) is 4.90 Å². The Morgan fingerprint density at radius 2 is 2.29 bits per heavy atom. The van der Waals surface area contributed by atoms with Crippen LogP contribution in [0.2, 0.25) is 10.2 Å². The Kier molecular flexibility index (Phi) is 3.74. The fraction of sp³-hybridized carbons (Fsp3) is 0.455. The number of aromatic nitrogens is 1. The lowest BCUT2D eigenvalue weighted by Gasteiger charge is -2.23. The van der Waals surface area contributed by atoms with Gasteiger partial charge in [0.1, 0.15) is 17.0 Å². The number of methoxy groups -OCH3 is 1. The van der Waals surface area contributed by atoms with Crippen molar-refractivity contribution in [2.24, 2.45) is 0 Å². The number of carbonyl (C=O) groups excluding carboxylic acids is 1. The van der Waals surface area contributed by atoms with E-state index in [1.54, 1.807) is 12.1 Å². The van der Waals surface area contributed by atoms with Gasteiger partial charge in [0.15, 0.2) is 0 Å². The van der Waals surface area contributed by atoms with Crippen LogP contribution in [0.15, 0.2) is 12.1 Å². The molecular weight excluding hydrogens is 263 g/mol. The first-order chi connectivity index (χ1) is 8.13. The van der Waals surface area contributed by atoms with Crippen LogP contribution in [0, 0.1) is 0 Å². The molecule has 1 aliphatic rings. The van der Waals surface area contributed by atoms with E-state index in [1.165, 1.54) is 7.11 Å². The van der Waals surface area contributed by atoms with Gasteiger partial charge in [-0.3, -0.25) is 0 Å². The second-order valence-electron chi connectivity index (χ2n) is 3.82. The van der Waals surface area contributed by atoms with Gasteiger partial charge in [-0.25, -0.2) is 9.78 Å². The minimum absolute atomic E-state index is 0.240. The summed E-state index contributed by atoms with van der Waals surface area (Å²) in [7, 11) is 1.39. The standard InChI is InChI=1S/C11H12Cl2N2O2/c1-17-11(16)8-3-2-6-15(8)9-5-4-7(12)10(13)14-9/h4-5,8H,2-3,6H2,1H3. The lowest BCUT2D eigenvalue weighted by molar-refractivity contribution is -0.141. The average molecular weight is 275 g/mol. The number of hydrogen-bond acceptors (Lipinski definition) is 4. The summed E-state index contributed by atoms with van der Waals surface area (Å²) in [4.78, 5) is 17.7. The third kappa shape index (κ3) is 2.48. The van der Waals surface area contributed by atoms with Crippen molar-refractivity contribution in [2.75, 3.05) is 18.6 Å². The zero-order chi connectivity index (χ0) is 12.4. The molecule has 0 amide bonds. The monoisotopic (exact) mass is 274 g/mol. The van der Waals surface area contributed by atoms with Crippen LogP contribution in [0.4, 0.5) is 5.82 Å². The summed E-state index contributed by atoms with van der Waals surface area (Å²) in [6.45, 7) is 0.769. The molecule has 0 bridgehead atoms. The van der Waals surface area contributed by atoms with Crippen molar-refractivity contribution in [1.82, 2.24) is 4.98 Å². The van der Waals surface area contributed by atoms with E-state index in [-0.39, 0.29) is 17.2 Å². The van der Waals surface area contributed by atoms with E-state index in [4.69, 9.17) is 27.9 Å². The van der Waals surface area contributed by atoms with Crippen molar-refractivity contribution in [1.29, 1.82) is 0 Å². The minimum atomic E-state index is -0.273. The quantitative estimate of drug-likeness (QED) is 0.614. The predicted molar refractivity (Wildman–Crippen MR) is 66.6 cm³/mol. The number of pyridine rings is 1. The Hall–Kier alpha value is -1.000. The Labute approximate surface area is 109 Å². The van der Waals surface area contributed by atoms with E-state index < -0.39 is 0 Å². The maximum atomic E-state index is 11.6. The zero-order valence-corrected chi connectivity index (χ0v) is 10.8. The molecule has 0 saturated carbocycles. The normalized spacial score (nSPS) is 19.5. The highest BCUT2D eigenvalue weighted by Crippen LogP contribution is 2.28. The molecule has 4 nitrogen and oxygen atoms in total. The number of nitrogens with zero attached hydrogens (tertiary/aromatic N) is 2. The van der Waals surface area contributed by atoms with Crippen LogP contribution in [-0.4, -0.2) is 30.6 Å². The molecule has 1 fully saturated rings. The van der Waals surface area contributed by atoms with E-state index >= 15 is 0 Å². The third-order valence-corrected chi connectivity index (χ3v) is 3.50. The van der Waals surface area contributed by atoms with Crippen molar-refractivity contribution in [3.05, 3.63) is 22.3 Å². The van der Waals surface area contributed by atoms with Crippen LogP contribution in [0.1, 0.15) is 12.8 Å². The lowest BCUT2D eigenvalue weighted by atomic mass is 10.2. The van der Waals surface area contributed by atoms with Crippen LogP contribution in [-0.2, 0) is 9.53 Å². The van der Waals surface area contributed by atoms with Crippen molar-refractivity contribution >= 4 is 35.0 Å². The van der Waals surface area contributed by atoms with Gasteiger partial charge in [0.05, 0.1) is 12.1 Å². The largest absolute Gasteiger partial charge is 0.467 e. The SMILES string of the molecule is COC(=O)C1CCCN1c1ccc(Cl)c(Cl)n1. The first kappa shape index (κ1) is 12.5. The summed E-state index contributed by atoms with van der Waals surface area (Å²) in [5.74, 6) is 0.419. The minimum Gasteiger partial charge on any atom is -0.467 e. The molecule has 1 aliphatic heterocycles. The van der Waals surface area contributed by atoms with Gasteiger partial charge in [0.25, 0.3) is 0 Å². The average Bonchev–Trinajstić information content (AvgIpc) is 2.80. The maximum absolute atomic E-state index is 11.6. The van der Waals surface area contributed by atoms with Gasteiger partial charge in [-0.2, -0.15) is 0 Å². The molecule has 1 aromatic rings. The van der Waals surface area contributed by atoms with Crippen molar-refractivity contribution < 1.29 is 9.53 Å². The molecule has 17 heavy (non-hydrogen) atoms. The molecule has 0 aromatic carbocycles. The maximum Gasteiger partial charge on any atom is 0.328 e. The summed E-state index contributed by atoms with van der Waals surface area (Å²) < 4.78 is 4.77. The number of rotatable bonds is 2. The van der Waals surface area contributed by atoms with Crippen LogP contribution >= 0.6 is 23.2 Å². The Bertz CT molecular complexity index is 439. The molecule has 6 heteroatoms. The summed E-state index contributed by atoms with van der Waals surface area (Å²) in [5.41, 5.74) is 0. The number of ether oxygens (including phenoxy) is 1. The summed E-state index contributed by atoms with van der Waals surface area (Å²) in [6.07, 6.45) is 1.70. The molecule has 1 aromatic heterocycles. The number of anilines is 1. The number of hydrogen-bond donors (Lipinski definition) is 0. The first-order valence-electron chi connectivity index (χ1n) is 5.30. The summed E-state index contributed by atoms with van der Waals surface area (Å²) in [6, 6.07) is 3.17. The molecule has 0 aliphatic carbocycles. The molecular formula is C11H12Cl2N2O2. The summed E-state index contributed by atoms with van der Waals surface area (Å²) >= 11 is 11.7. The molecule has 1 unspecified atom stereocenters. The molecule has 92 valence electrons. The fourth-order valence-electron chi connectivity index (χ4n) is 1.99. The fourth-order valence-corrected chi connectivity index (χ4v) is 2.24. The van der Waals surface area contributed by atoms with E-state index in [2.05, 4.69) is 4.98 Å². The highest BCUT2D eigenvalue weighted by molar-refractivity contribution is 6.41. The third-order valence-electron chi connectivity index (χ3n) is 2.81. The molecule has 1 atom stereocenters. The van der Waals surface area contributed by atoms with Crippen molar-refractivity contribution in [3.8, 4) is 0 Å². The molecule has 2 rings (SSSR count). The van der Waals surface area contributed by atoms with E-state index in [9.17, 15) is 4.79 Å². The highest BCUT2D eigenvalue weighted by atomic mass is 35.5. The van der Waals surface area contributed by atoms with Crippen LogP contribution in [0.3, 0.4) is 0 Å². The molecule has 2 heterocycles.